The molecule has 0 radical (unpaired) electrons. The minimum absolute atomic E-state index is 0.0766. The van der Waals surface area contributed by atoms with Gasteiger partial charge < -0.3 is 33.7 Å². The summed E-state index contributed by atoms with van der Waals surface area (Å²) in [6.45, 7) is 7.66. The standard InChI is InChI=1S/C26H35NO11/c1-15(28)27-22-24(36-18(4)31)23(35-17(3)30)20(14-33-16(2)29)37-25(22)38-26(5,6)12-21(32)34-13-19-10-8-7-9-11-19/h7-11,20,22-25H,12-14H2,1-6H3,(H,27,28)/t20?,22-,23-,24?,25-/m0/s1. The first-order valence-electron chi connectivity index (χ1n) is 12.0. The van der Waals surface area contributed by atoms with E-state index in [0.29, 0.717) is 0 Å². The van der Waals surface area contributed by atoms with E-state index >= 15 is 0 Å². The summed E-state index contributed by atoms with van der Waals surface area (Å²) in [4.78, 5) is 59.9. The molecule has 38 heavy (non-hydrogen) atoms. The Kier molecular flexibility index (Phi) is 11.2. The first-order chi connectivity index (χ1) is 17.8. The van der Waals surface area contributed by atoms with Crippen LogP contribution in [0.5, 0.6) is 0 Å². The number of carbonyl (C=O) groups is 5. The van der Waals surface area contributed by atoms with Crippen molar-refractivity contribution in [2.75, 3.05) is 6.61 Å². The lowest BCUT2D eigenvalue weighted by Crippen LogP contribution is -2.67. The van der Waals surface area contributed by atoms with Crippen LogP contribution in [0.3, 0.4) is 0 Å². The summed E-state index contributed by atoms with van der Waals surface area (Å²) in [6.07, 6.45) is -5.12. The average molecular weight is 538 g/mol. The molecule has 210 valence electrons. The van der Waals surface area contributed by atoms with E-state index in [9.17, 15) is 24.0 Å². The molecule has 1 aromatic carbocycles. The molecule has 1 aliphatic rings. The molecular formula is C26H35NO11. The number of ether oxygens (including phenoxy) is 6. The molecule has 1 aliphatic heterocycles. The largest absolute Gasteiger partial charge is 0.463 e. The highest BCUT2D eigenvalue weighted by atomic mass is 16.7. The van der Waals surface area contributed by atoms with Gasteiger partial charge >= 0.3 is 23.9 Å². The molecule has 0 aliphatic carbocycles. The summed E-state index contributed by atoms with van der Waals surface area (Å²) < 4.78 is 33.3. The molecule has 1 N–H and O–H groups in total. The van der Waals surface area contributed by atoms with Gasteiger partial charge in [0.1, 0.15) is 25.4 Å². The van der Waals surface area contributed by atoms with Crippen molar-refractivity contribution in [3.05, 3.63) is 35.9 Å². The van der Waals surface area contributed by atoms with Crippen LogP contribution in [-0.4, -0.2) is 72.6 Å². The zero-order valence-electron chi connectivity index (χ0n) is 22.4. The van der Waals surface area contributed by atoms with Crippen LogP contribution in [0.2, 0.25) is 0 Å². The average Bonchev–Trinajstić information content (AvgIpc) is 2.79. The van der Waals surface area contributed by atoms with E-state index in [1.807, 2.05) is 30.3 Å². The van der Waals surface area contributed by atoms with Gasteiger partial charge in [0.15, 0.2) is 18.5 Å². The molecule has 1 fully saturated rings. The molecule has 0 aromatic heterocycles. The minimum atomic E-state index is -1.30. The lowest BCUT2D eigenvalue weighted by Gasteiger charge is -2.46. The molecule has 1 saturated heterocycles. The topological polar surface area (TPSA) is 153 Å². The number of hydrogen-bond donors (Lipinski definition) is 1. The summed E-state index contributed by atoms with van der Waals surface area (Å²) in [5, 5.41) is 2.62. The highest BCUT2D eigenvalue weighted by Crippen LogP contribution is 2.31. The zero-order valence-corrected chi connectivity index (χ0v) is 22.4. The van der Waals surface area contributed by atoms with Gasteiger partial charge in [-0.3, -0.25) is 24.0 Å². The lowest BCUT2D eigenvalue weighted by atomic mass is 9.95. The van der Waals surface area contributed by atoms with Gasteiger partial charge in [0.25, 0.3) is 0 Å². The van der Waals surface area contributed by atoms with Gasteiger partial charge in [0.05, 0.1) is 12.0 Å². The Hall–Kier alpha value is -3.51. The van der Waals surface area contributed by atoms with Gasteiger partial charge in [-0.15, -0.1) is 0 Å². The number of esters is 4. The van der Waals surface area contributed by atoms with Gasteiger partial charge in [0.2, 0.25) is 5.91 Å². The third-order valence-corrected chi connectivity index (χ3v) is 5.32. The quantitative estimate of drug-likeness (QED) is 0.323. The summed E-state index contributed by atoms with van der Waals surface area (Å²) in [5.74, 6) is -3.12. The van der Waals surface area contributed by atoms with Crippen LogP contribution in [0.25, 0.3) is 0 Å². The Labute approximate surface area is 221 Å². The Morgan fingerprint density at radius 3 is 2.03 bits per heavy atom. The van der Waals surface area contributed by atoms with Gasteiger partial charge in [-0.1, -0.05) is 30.3 Å². The lowest BCUT2D eigenvalue weighted by molar-refractivity contribution is -0.300. The second kappa shape index (κ2) is 13.9. The molecule has 0 bridgehead atoms. The van der Waals surface area contributed by atoms with Crippen LogP contribution in [0.4, 0.5) is 0 Å². The van der Waals surface area contributed by atoms with E-state index in [1.54, 1.807) is 13.8 Å². The Morgan fingerprint density at radius 1 is 0.868 bits per heavy atom. The van der Waals surface area contributed by atoms with E-state index < -0.39 is 66.0 Å². The highest BCUT2D eigenvalue weighted by Gasteiger charge is 2.52. The van der Waals surface area contributed by atoms with E-state index in [2.05, 4.69) is 5.32 Å². The molecule has 0 saturated carbocycles. The summed E-state index contributed by atoms with van der Waals surface area (Å²) in [7, 11) is 0. The van der Waals surface area contributed by atoms with Crippen LogP contribution in [-0.2, 0) is 59.0 Å². The fourth-order valence-corrected chi connectivity index (χ4v) is 3.88. The van der Waals surface area contributed by atoms with E-state index in [-0.39, 0.29) is 19.6 Å². The van der Waals surface area contributed by atoms with Crippen molar-refractivity contribution in [3.8, 4) is 0 Å². The van der Waals surface area contributed by atoms with Gasteiger partial charge in [-0.05, 0) is 19.4 Å². The number of carbonyl (C=O) groups excluding carboxylic acids is 5. The van der Waals surface area contributed by atoms with E-state index in [0.717, 1.165) is 19.4 Å². The van der Waals surface area contributed by atoms with E-state index in [1.165, 1.54) is 13.8 Å². The number of hydrogen-bond acceptors (Lipinski definition) is 11. The monoisotopic (exact) mass is 537 g/mol. The molecule has 1 heterocycles. The van der Waals surface area contributed by atoms with Gasteiger partial charge in [-0.2, -0.15) is 0 Å². The maximum absolute atomic E-state index is 12.6. The minimum Gasteiger partial charge on any atom is -0.463 e. The number of rotatable bonds is 11. The van der Waals surface area contributed by atoms with Crippen LogP contribution >= 0.6 is 0 Å². The first-order valence-corrected chi connectivity index (χ1v) is 12.0. The van der Waals surface area contributed by atoms with Gasteiger partial charge in [0, 0.05) is 27.7 Å². The van der Waals surface area contributed by atoms with Crippen LogP contribution in [0.15, 0.2) is 30.3 Å². The molecule has 0 spiro atoms. The van der Waals surface area contributed by atoms with Crippen LogP contribution in [0.1, 0.15) is 53.5 Å². The second-order valence-corrected chi connectivity index (χ2v) is 9.42. The molecule has 1 aromatic rings. The molecule has 2 unspecified atom stereocenters. The third-order valence-electron chi connectivity index (χ3n) is 5.32. The fourth-order valence-electron chi connectivity index (χ4n) is 3.88. The summed E-state index contributed by atoms with van der Waals surface area (Å²) in [5.41, 5.74) is -0.370. The molecular weight excluding hydrogens is 502 g/mol. The number of nitrogens with one attached hydrogen (secondary N) is 1. The molecule has 12 nitrogen and oxygen atoms in total. The fraction of sp³-hybridized carbons (Fsp3) is 0.577. The first kappa shape index (κ1) is 30.7. The number of amides is 1. The predicted octanol–water partition coefficient (Wildman–Crippen LogP) is 1.57. The van der Waals surface area contributed by atoms with Crippen molar-refractivity contribution in [2.24, 2.45) is 0 Å². The predicted molar refractivity (Wildman–Crippen MR) is 130 cm³/mol. The maximum Gasteiger partial charge on any atom is 0.309 e. The van der Waals surface area contributed by atoms with Crippen molar-refractivity contribution in [1.82, 2.24) is 5.32 Å². The third kappa shape index (κ3) is 10.1. The smallest absolute Gasteiger partial charge is 0.309 e. The molecule has 12 heteroatoms. The SMILES string of the molecule is CC(=O)N[C@H]1C(OC(C)=O)[C@@H](OC(C)=O)C(COC(C)=O)O[C@H]1OC(C)(C)CC(=O)OCc1ccccc1. The van der Waals surface area contributed by atoms with Crippen molar-refractivity contribution >= 4 is 29.8 Å². The Balaban J connectivity index is 2.28. The van der Waals surface area contributed by atoms with E-state index in [4.69, 9.17) is 28.4 Å². The Bertz CT molecular complexity index is 994. The van der Waals surface area contributed by atoms with Crippen molar-refractivity contribution in [2.45, 2.75) is 90.8 Å². The van der Waals surface area contributed by atoms with Gasteiger partial charge in [-0.25, -0.2) is 0 Å². The summed E-state index contributed by atoms with van der Waals surface area (Å²) in [6, 6.07) is 8.00. The van der Waals surface area contributed by atoms with Crippen LogP contribution in [0, 0.1) is 0 Å². The van der Waals surface area contributed by atoms with Crippen molar-refractivity contribution < 1.29 is 52.4 Å². The second-order valence-electron chi connectivity index (χ2n) is 9.42. The van der Waals surface area contributed by atoms with Crippen LogP contribution < -0.4 is 5.32 Å². The number of benzene rings is 1. The molecule has 5 atom stereocenters. The van der Waals surface area contributed by atoms with Crippen molar-refractivity contribution in [3.63, 3.8) is 0 Å². The Morgan fingerprint density at radius 2 is 1.47 bits per heavy atom. The summed E-state index contributed by atoms with van der Waals surface area (Å²) >= 11 is 0. The molecule has 2 rings (SSSR count). The molecule has 1 amide bonds. The maximum atomic E-state index is 12.6. The highest BCUT2D eigenvalue weighted by molar-refractivity contribution is 5.74. The van der Waals surface area contributed by atoms with Crippen molar-refractivity contribution in [1.29, 1.82) is 0 Å². The normalized spacial score (nSPS) is 23.1. The zero-order chi connectivity index (χ0) is 28.5.